The minimum Gasteiger partial charge on any atom is -0.506 e. The molecule has 0 aliphatic carbocycles. The van der Waals surface area contributed by atoms with Crippen molar-refractivity contribution in [1.82, 2.24) is 4.57 Å². The lowest BCUT2D eigenvalue weighted by atomic mass is 10.1. The molecular weight excluding hydrogens is 254 g/mol. The number of hydrogen-bond acceptors (Lipinski definition) is 4. The van der Waals surface area contributed by atoms with Crippen molar-refractivity contribution in [2.45, 2.75) is 4.90 Å². The van der Waals surface area contributed by atoms with Crippen LogP contribution in [0.15, 0.2) is 27.9 Å². The summed E-state index contributed by atoms with van der Waals surface area (Å²) in [6.07, 6.45) is 1.82. The predicted octanol–water partition coefficient (Wildman–Crippen LogP) is 1.66. The second-order valence-corrected chi connectivity index (χ2v) is 4.60. The lowest BCUT2D eigenvalue weighted by Crippen LogP contribution is -2.24. The van der Waals surface area contributed by atoms with Gasteiger partial charge in [-0.2, -0.15) is 0 Å². The van der Waals surface area contributed by atoms with Gasteiger partial charge in [-0.1, -0.05) is 6.07 Å². The number of thioether (sulfide) groups is 1. The van der Waals surface area contributed by atoms with E-state index in [9.17, 15) is 14.7 Å². The number of aromatic carboxylic acids is 1. The van der Waals surface area contributed by atoms with E-state index in [1.165, 1.54) is 23.4 Å². The molecule has 0 radical (unpaired) electrons. The molecule has 6 heteroatoms. The van der Waals surface area contributed by atoms with Crippen molar-refractivity contribution in [3.63, 3.8) is 0 Å². The number of carboxylic acids is 1. The van der Waals surface area contributed by atoms with Crippen molar-refractivity contribution >= 4 is 28.6 Å². The van der Waals surface area contributed by atoms with Gasteiger partial charge in [-0.05, 0) is 18.4 Å². The molecule has 0 fully saturated rings. The maximum absolute atomic E-state index is 11.9. The molecule has 0 unspecified atom stereocenters. The summed E-state index contributed by atoms with van der Waals surface area (Å²) in [6, 6.07) is 5.19. The van der Waals surface area contributed by atoms with E-state index in [2.05, 4.69) is 0 Å². The highest BCUT2D eigenvalue weighted by molar-refractivity contribution is 7.98. The first kappa shape index (κ1) is 12.5. The zero-order chi connectivity index (χ0) is 13.4. The van der Waals surface area contributed by atoms with Gasteiger partial charge in [0, 0.05) is 11.9 Å². The minimum absolute atomic E-state index is 0.393. The smallest absolute Gasteiger partial charge is 0.345 e. The van der Waals surface area contributed by atoms with E-state index in [0.717, 1.165) is 4.90 Å². The monoisotopic (exact) mass is 265 g/mol. The third-order valence-corrected chi connectivity index (χ3v) is 3.57. The summed E-state index contributed by atoms with van der Waals surface area (Å²) < 4.78 is 1.23. The third kappa shape index (κ3) is 1.65. The average Bonchev–Trinajstić information content (AvgIpc) is 2.34. The molecule has 94 valence electrons. The summed E-state index contributed by atoms with van der Waals surface area (Å²) >= 11 is 1.38. The molecule has 1 aromatic heterocycles. The van der Waals surface area contributed by atoms with Crippen LogP contribution < -0.4 is 5.56 Å². The van der Waals surface area contributed by atoms with Crippen LogP contribution in [0.2, 0.25) is 0 Å². The Morgan fingerprint density at radius 1 is 1.39 bits per heavy atom. The van der Waals surface area contributed by atoms with Crippen molar-refractivity contribution in [2.75, 3.05) is 6.26 Å². The number of aryl methyl sites for hydroxylation is 1. The average molecular weight is 265 g/mol. The molecule has 0 saturated heterocycles. The number of pyridine rings is 1. The molecule has 0 bridgehead atoms. The maximum Gasteiger partial charge on any atom is 0.345 e. The lowest BCUT2D eigenvalue weighted by Gasteiger charge is -2.11. The molecule has 1 aromatic carbocycles. The van der Waals surface area contributed by atoms with Crippen LogP contribution in [0, 0.1) is 0 Å². The molecule has 18 heavy (non-hydrogen) atoms. The number of nitrogens with zero attached hydrogens (tertiary/aromatic N) is 1. The highest BCUT2D eigenvalue weighted by Gasteiger charge is 2.21. The van der Waals surface area contributed by atoms with E-state index < -0.39 is 22.8 Å². The first-order chi connectivity index (χ1) is 8.49. The second kappa shape index (κ2) is 4.38. The number of carboxylic acid groups (broad SMARTS) is 1. The van der Waals surface area contributed by atoms with Crippen molar-refractivity contribution in [1.29, 1.82) is 0 Å². The largest absolute Gasteiger partial charge is 0.506 e. The molecule has 0 amide bonds. The zero-order valence-corrected chi connectivity index (χ0v) is 10.6. The van der Waals surface area contributed by atoms with Gasteiger partial charge in [0.15, 0.2) is 5.56 Å². The molecule has 1 heterocycles. The van der Waals surface area contributed by atoms with E-state index >= 15 is 0 Å². The molecule has 0 saturated carbocycles. The Balaban J connectivity index is 3.09. The van der Waals surface area contributed by atoms with Gasteiger partial charge in [-0.3, -0.25) is 4.79 Å². The fourth-order valence-corrected chi connectivity index (χ4v) is 2.52. The number of hydrogen-bond donors (Lipinski definition) is 2. The van der Waals surface area contributed by atoms with E-state index in [4.69, 9.17) is 5.11 Å². The highest BCUT2D eigenvalue weighted by atomic mass is 32.2. The van der Waals surface area contributed by atoms with E-state index in [-0.39, 0.29) is 0 Å². The molecule has 0 atom stereocenters. The first-order valence-electron chi connectivity index (χ1n) is 5.11. The van der Waals surface area contributed by atoms with E-state index in [1.807, 2.05) is 6.26 Å². The van der Waals surface area contributed by atoms with E-state index in [0.29, 0.717) is 10.9 Å². The van der Waals surface area contributed by atoms with Crippen molar-refractivity contribution in [3.8, 4) is 5.75 Å². The Bertz CT molecular complexity index is 705. The van der Waals surface area contributed by atoms with Crippen LogP contribution in [0.1, 0.15) is 10.4 Å². The molecule has 5 nitrogen and oxygen atoms in total. The SMILES string of the molecule is CSc1cccc2c1c(O)c(C(=O)O)c(=O)n2C. The normalized spacial score (nSPS) is 10.8. The maximum atomic E-state index is 11.9. The molecule has 2 rings (SSSR count). The molecular formula is C12H11NO4S. The molecule has 2 N–H and O–H groups in total. The summed E-state index contributed by atoms with van der Waals surface area (Å²) in [7, 11) is 1.49. The number of fused-ring (bicyclic) bond motifs is 1. The van der Waals surface area contributed by atoms with Crippen LogP contribution >= 0.6 is 11.8 Å². The Morgan fingerprint density at radius 2 is 2.06 bits per heavy atom. The fraction of sp³-hybridized carbons (Fsp3) is 0.167. The topological polar surface area (TPSA) is 79.5 Å². The number of benzene rings is 1. The van der Waals surface area contributed by atoms with Crippen LogP contribution in [0.5, 0.6) is 5.75 Å². The van der Waals surface area contributed by atoms with Crippen LogP contribution in [-0.4, -0.2) is 27.0 Å². The Morgan fingerprint density at radius 3 is 2.61 bits per heavy atom. The number of aromatic hydroxyl groups is 1. The Labute approximate surface area is 107 Å². The van der Waals surface area contributed by atoms with Gasteiger partial charge in [0.2, 0.25) is 0 Å². The summed E-state index contributed by atoms with van der Waals surface area (Å²) in [5, 5.41) is 19.4. The standard InChI is InChI=1S/C12H11NO4S/c1-13-6-4-3-5-7(18-2)8(6)10(14)9(11(13)15)12(16)17/h3-5,14H,1-2H3,(H,16,17). The number of rotatable bonds is 2. The predicted molar refractivity (Wildman–Crippen MR) is 69.6 cm³/mol. The quantitative estimate of drug-likeness (QED) is 0.807. The van der Waals surface area contributed by atoms with Crippen LogP contribution in [0.25, 0.3) is 10.9 Å². The first-order valence-corrected chi connectivity index (χ1v) is 6.33. The van der Waals surface area contributed by atoms with Crippen molar-refractivity contribution < 1.29 is 15.0 Å². The summed E-state index contributed by atoms with van der Waals surface area (Å²) in [5.41, 5.74) is -0.799. The van der Waals surface area contributed by atoms with E-state index in [1.54, 1.807) is 18.2 Å². The summed E-state index contributed by atoms with van der Waals surface area (Å²) in [6.45, 7) is 0. The molecule has 0 aliphatic rings. The number of aromatic nitrogens is 1. The van der Waals surface area contributed by atoms with Crippen LogP contribution in [-0.2, 0) is 7.05 Å². The van der Waals surface area contributed by atoms with Crippen molar-refractivity contribution in [3.05, 3.63) is 34.1 Å². The van der Waals surface area contributed by atoms with Gasteiger partial charge >= 0.3 is 5.97 Å². The van der Waals surface area contributed by atoms with Gasteiger partial charge in [-0.15, -0.1) is 11.8 Å². The van der Waals surface area contributed by atoms with Crippen molar-refractivity contribution in [2.24, 2.45) is 7.05 Å². The van der Waals surface area contributed by atoms with Gasteiger partial charge in [0.25, 0.3) is 5.56 Å². The zero-order valence-electron chi connectivity index (χ0n) is 9.80. The molecule has 0 spiro atoms. The molecule has 0 aliphatic heterocycles. The molecule has 2 aromatic rings. The summed E-state index contributed by atoms with van der Waals surface area (Å²) in [4.78, 5) is 23.6. The van der Waals surface area contributed by atoms with Crippen LogP contribution in [0.3, 0.4) is 0 Å². The summed E-state index contributed by atoms with van der Waals surface area (Å²) in [5.74, 6) is -1.89. The number of carbonyl (C=O) groups is 1. The van der Waals surface area contributed by atoms with Gasteiger partial charge < -0.3 is 14.8 Å². The van der Waals surface area contributed by atoms with Gasteiger partial charge in [-0.25, -0.2) is 4.79 Å². The second-order valence-electron chi connectivity index (χ2n) is 3.75. The Hall–Kier alpha value is -1.95. The lowest BCUT2D eigenvalue weighted by molar-refractivity contribution is 0.0691. The minimum atomic E-state index is -1.43. The highest BCUT2D eigenvalue weighted by Crippen LogP contribution is 2.33. The van der Waals surface area contributed by atoms with Crippen LogP contribution in [0.4, 0.5) is 0 Å². The third-order valence-electron chi connectivity index (χ3n) is 2.79. The Kier molecular flexibility index (Phi) is 3.04. The van der Waals surface area contributed by atoms with Gasteiger partial charge in [0.1, 0.15) is 5.75 Å². The fourth-order valence-electron chi connectivity index (χ4n) is 1.90. The van der Waals surface area contributed by atoms with Gasteiger partial charge in [0.05, 0.1) is 10.9 Å².